The molecule has 30 heavy (non-hydrogen) atoms. The summed E-state index contributed by atoms with van der Waals surface area (Å²) >= 11 is 1.70. The molecule has 156 valence electrons. The molecule has 1 aliphatic heterocycles. The Bertz CT molecular complexity index is 1080. The highest BCUT2D eigenvalue weighted by atomic mass is 32.2. The third kappa shape index (κ3) is 3.87. The Morgan fingerprint density at radius 1 is 1.03 bits per heavy atom. The monoisotopic (exact) mass is 430 g/mol. The number of aromatic nitrogens is 1. The van der Waals surface area contributed by atoms with Crippen LogP contribution >= 0.6 is 11.9 Å². The van der Waals surface area contributed by atoms with E-state index in [2.05, 4.69) is 27.4 Å². The standard InChI is InChI=1S/C22H21F3N4S/c1-2-29-20-14-16(22(23,24)25)8-9-18(20)19(15-26)21(29)27-10-12-28(13-11-27)30-17-6-4-3-5-7-17/h3-9,14H,2,10-13H2,1H3. The van der Waals surface area contributed by atoms with Crippen molar-refractivity contribution in [3.63, 3.8) is 0 Å². The highest BCUT2D eigenvalue weighted by Crippen LogP contribution is 2.38. The summed E-state index contributed by atoms with van der Waals surface area (Å²) in [5.74, 6) is 0.721. The minimum absolute atomic E-state index is 0.449. The molecule has 0 saturated carbocycles. The lowest BCUT2D eigenvalue weighted by Gasteiger charge is -2.35. The van der Waals surface area contributed by atoms with Crippen LogP contribution in [0, 0.1) is 11.3 Å². The van der Waals surface area contributed by atoms with Gasteiger partial charge in [-0.05, 0) is 43.1 Å². The number of alkyl halides is 3. The van der Waals surface area contributed by atoms with Crippen molar-refractivity contribution in [1.29, 1.82) is 5.26 Å². The Morgan fingerprint density at radius 2 is 1.73 bits per heavy atom. The van der Waals surface area contributed by atoms with Gasteiger partial charge in [-0.3, -0.25) is 0 Å². The van der Waals surface area contributed by atoms with E-state index in [1.54, 1.807) is 11.9 Å². The smallest absolute Gasteiger partial charge is 0.354 e. The highest BCUT2D eigenvalue weighted by Gasteiger charge is 2.32. The first-order valence-corrected chi connectivity index (χ1v) is 10.6. The zero-order chi connectivity index (χ0) is 21.3. The molecule has 2 heterocycles. The summed E-state index contributed by atoms with van der Waals surface area (Å²) in [6.45, 7) is 5.39. The highest BCUT2D eigenvalue weighted by molar-refractivity contribution is 7.97. The number of piperazine rings is 1. The van der Waals surface area contributed by atoms with Crippen LogP contribution in [0.5, 0.6) is 0 Å². The van der Waals surface area contributed by atoms with Gasteiger partial charge in [-0.1, -0.05) is 24.3 Å². The lowest BCUT2D eigenvalue weighted by Crippen LogP contribution is -2.44. The SMILES string of the molecule is CCn1c(N2CCN(Sc3ccccc3)CC2)c(C#N)c2ccc(C(F)(F)F)cc21. The minimum Gasteiger partial charge on any atom is -0.354 e. The Labute approximate surface area is 177 Å². The lowest BCUT2D eigenvalue weighted by atomic mass is 10.1. The molecule has 1 aromatic heterocycles. The zero-order valence-corrected chi connectivity index (χ0v) is 17.3. The molecule has 4 nitrogen and oxygen atoms in total. The number of hydrogen-bond donors (Lipinski definition) is 0. The van der Waals surface area contributed by atoms with Gasteiger partial charge < -0.3 is 9.47 Å². The first kappa shape index (κ1) is 20.6. The molecule has 1 saturated heterocycles. The van der Waals surface area contributed by atoms with Crippen LogP contribution in [0.15, 0.2) is 53.4 Å². The molecule has 0 N–H and O–H groups in total. The fraction of sp³-hybridized carbons (Fsp3) is 0.318. The predicted molar refractivity (Wildman–Crippen MR) is 113 cm³/mol. The molecule has 0 spiro atoms. The van der Waals surface area contributed by atoms with Crippen LogP contribution in [0.2, 0.25) is 0 Å². The van der Waals surface area contributed by atoms with Crippen molar-refractivity contribution in [2.75, 3.05) is 31.1 Å². The third-order valence-corrected chi connectivity index (χ3v) is 6.41. The first-order valence-electron chi connectivity index (χ1n) is 9.79. The number of nitrogens with zero attached hydrogens (tertiary/aromatic N) is 4. The van der Waals surface area contributed by atoms with Gasteiger partial charge in [-0.15, -0.1) is 0 Å². The Balaban J connectivity index is 1.63. The molecule has 0 bridgehead atoms. The van der Waals surface area contributed by atoms with Gasteiger partial charge in [-0.2, -0.15) is 18.4 Å². The average molecular weight is 430 g/mol. The van der Waals surface area contributed by atoms with Crippen LogP contribution < -0.4 is 4.90 Å². The number of anilines is 1. The normalized spacial score (nSPS) is 15.5. The average Bonchev–Trinajstić information content (AvgIpc) is 3.07. The van der Waals surface area contributed by atoms with E-state index in [-0.39, 0.29) is 0 Å². The maximum atomic E-state index is 13.2. The zero-order valence-electron chi connectivity index (χ0n) is 16.5. The van der Waals surface area contributed by atoms with Gasteiger partial charge in [-0.25, -0.2) is 4.31 Å². The molecular formula is C22H21F3N4S. The maximum Gasteiger partial charge on any atom is 0.416 e. The minimum atomic E-state index is -4.41. The van der Waals surface area contributed by atoms with Crippen LogP contribution in [0.1, 0.15) is 18.1 Å². The Hall–Kier alpha value is -2.63. The van der Waals surface area contributed by atoms with Gasteiger partial charge in [0.25, 0.3) is 0 Å². The molecule has 3 aromatic rings. The first-order chi connectivity index (χ1) is 14.4. The molecule has 1 fully saturated rings. The fourth-order valence-electron chi connectivity index (χ4n) is 3.89. The summed E-state index contributed by atoms with van der Waals surface area (Å²) in [6.07, 6.45) is -4.41. The van der Waals surface area contributed by atoms with Crippen molar-refractivity contribution in [3.8, 4) is 6.07 Å². The molecule has 0 amide bonds. The molecule has 0 atom stereocenters. The van der Waals surface area contributed by atoms with E-state index in [9.17, 15) is 18.4 Å². The van der Waals surface area contributed by atoms with Crippen molar-refractivity contribution in [2.45, 2.75) is 24.5 Å². The number of hydrogen-bond acceptors (Lipinski definition) is 4. The van der Waals surface area contributed by atoms with E-state index in [4.69, 9.17) is 0 Å². The summed E-state index contributed by atoms with van der Waals surface area (Å²) in [4.78, 5) is 3.29. The Kier molecular flexibility index (Phi) is 5.67. The summed E-state index contributed by atoms with van der Waals surface area (Å²) in [5, 5.41) is 10.4. The van der Waals surface area contributed by atoms with Crippen molar-refractivity contribution >= 4 is 28.7 Å². The molecule has 2 aromatic carbocycles. The molecule has 1 aliphatic rings. The second-order valence-electron chi connectivity index (χ2n) is 7.10. The van der Waals surface area contributed by atoms with E-state index in [1.807, 2.05) is 29.7 Å². The lowest BCUT2D eigenvalue weighted by molar-refractivity contribution is -0.137. The van der Waals surface area contributed by atoms with Gasteiger partial charge >= 0.3 is 6.18 Å². The van der Waals surface area contributed by atoms with Gasteiger partial charge in [0.1, 0.15) is 17.5 Å². The van der Waals surface area contributed by atoms with Crippen molar-refractivity contribution in [2.24, 2.45) is 0 Å². The van der Waals surface area contributed by atoms with E-state index in [1.165, 1.54) is 11.0 Å². The number of rotatable bonds is 4. The van der Waals surface area contributed by atoms with E-state index in [0.717, 1.165) is 31.0 Å². The van der Waals surface area contributed by atoms with Crippen LogP contribution in [0.25, 0.3) is 10.9 Å². The van der Waals surface area contributed by atoms with Gasteiger partial charge in [0.15, 0.2) is 0 Å². The number of nitriles is 1. The summed E-state index contributed by atoms with van der Waals surface area (Å²) in [7, 11) is 0. The quantitative estimate of drug-likeness (QED) is 0.521. The summed E-state index contributed by atoms with van der Waals surface area (Å²) in [5.41, 5.74) is 0.215. The topological polar surface area (TPSA) is 35.2 Å². The fourth-order valence-corrected chi connectivity index (χ4v) is 4.82. The largest absolute Gasteiger partial charge is 0.416 e. The number of halogens is 3. The molecular weight excluding hydrogens is 409 g/mol. The number of aryl methyl sites for hydroxylation is 1. The van der Waals surface area contributed by atoms with Gasteiger partial charge in [0.2, 0.25) is 0 Å². The van der Waals surface area contributed by atoms with Crippen LogP contribution in [0.3, 0.4) is 0 Å². The van der Waals surface area contributed by atoms with Crippen LogP contribution in [-0.4, -0.2) is 35.1 Å². The van der Waals surface area contributed by atoms with Crippen LogP contribution in [0.4, 0.5) is 19.0 Å². The summed E-state index contributed by atoms with van der Waals surface area (Å²) < 4.78 is 43.8. The third-order valence-electron chi connectivity index (χ3n) is 5.31. The molecule has 8 heteroatoms. The van der Waals surface area contributed by atoms with Crippen molar-refractivity contribution in [1.82, 2.24) is 8.87 Å². The summed E-state index contributed by atoms with van der Waals surface area (Å²) in [6, 6.07) is 16.0. The van der Waals surface area contributed by atoms with E-state index in [0.29, 0.717) is 36.1 Å². The van der Waals surface area contributed by atoms with Crippen LogP contribution in [-0.2, 0) is 12.7 Å². The molecule has 4 rings (SSSR count). The Morgan fingerprint density at radius 3 is 2.33 bits per heavy atom. The predicted octanol–water partition coefficient (Wildman–Crippen LogP) is 5.38. The number of benzene rings is 2. The molecule has 0 aliphatic carbocycles. The molecule has 0 radical (unpaired) electrons. The number of fused-ring (bicyclic) bond motifs is 1. The van der Waals surface area contributed by atoms with E-state index >= 15 is 0 Å². The molecule has 0 unspecified atom stereocenters. The second-order valence-corrected chi connectivity index (χ2v) is 8.28. The second kappa shape index (κ2) is 8.25. The van der Waals surface area contributed by atoms with Crippen molar-refractivity contribution < 1.29 is 13.2 Å². The van der Waals surface area contributed by atoms with E-state index < -0.39 is 11.7 Å². The maximum absolute atomic E-state index is 13.2. The van der Waals surface area contributed by atoms with Gasteiger partial charge in [0.05, 0.1) is 11.1 Å². The van der Waals surface area contributed by atoms with Gasteiger partial charge in [0, 0.05) is 43.0 Å². The van der Waals surface area contributed by atoms with Crippen molar-refractivity contribution in [3.05, 3.63) is 59.7 Å².